The minimum absolute atomic E-state index is 0.0355. The van der Waals surface area contributed by atoms with E-state index in [9.17, 15) is 9.59 Å². The molecule has 2 aromatic carbocycles. The molecule has 2 aliphatic heterocycles. The first kappa shape index (κ1) is 18.8. The molecule has 1 fully saturated rings. The molecule has 2 amide bonds. The number of carbonyl (C=O) groups is 2. The van der Waals surface area contributed by atoms with Gasteiger partial charge in [-0.3, -0.25) is 14.5 Å². The number of anilines is 1. The van der Waals surface area contributed by atoms with Gasteiger partial charge in [-0.15, -0.1) is 0 Å². The second-order valence-electron chi connectivity index (χ2n) is 7.04. The van der Waals surface area contributed by atoms with Crippen molar-refractivity contribution in [2.24, 2.45) is 0 Å². The number of halogens is 1. The second kappa shape index (κ2) is 8.20. The molecule has 4 rings (SSSR count). The van der Waals surface area contributed by atoms with E-state index in [1.54, 1.807) is 18.2 Å². The lowest BCUT2D eigenvalue weighted by Crippen LogP contribution is -2.37. The van der Waals surface area contributed by atoms with Gasteiger partial charge in [0.15, 0.2) is 6.61 Å². The summed E-state index contributed by atoms with van der Waals surface area (Å²) in [7, 11) is 0. The molecule has 0 spiro atoms. The average molecular weight is 400 g/mol. The van der Waals surface area contributed by atoms with E-state index in [0.717, 1.165) is 31.5 Å². The van der Waals surface area contributed by atoms with Gasteiger partial charge in [0, 0.05) is 17.1 Å². The lowest BCUT2D eigenvalue weighted by Gasteiger charge is -2.29. The van der Waals surface area contributed by atoms with Crippen molar-refractivity contribution in [3.05, 3.63) is 58.6 Å². The molecule has 2 heterocycles. The zero-order valence-electron chi connectivity index (χ0n) is 15.4. The molecule has 1 saturated heterocycles. The molecule has 0 aliphatic carbocycles. The summed E-state index contributed by atoms with van der Waals surface area (Å²) in [6.07, 6.45) is 2.31. The molecule has 2 N–H and O–H groups in total. The molecule has 7 heteroatoms. The molecule has 146 valence electrons. The normalized spacial score (nSPS) is 17.4. The van der Waals surface area contributed by atoms with E-state index in [-0.39, 0.29) is 24.5 Å². The fourth-order valence-corrected chi connectivity index (χ4v) is 4.00. The van der Waals surface area contributed by atoms with Crippen molar-refractivity contribution >= 4 is 29.1 Å². The minimum atomic E-state index is -0.196. The quantitative estimate of drug-likeness (QED) is 0.809. The Morgan fingerprint density at radius 2 is 2.00 bits per heavy atom. The van der Waals surface area contributed by atoms with E-state index >= 15 is 0 Å². The predicted molar refractivity (Wildman–Crippen MR) is 108 cm³/mol. The van der Waals surface area contributed by atoms with E-state index in [4.69, 9.17) is 16.3 Å². The van der Waals surface area contributed by atoms with Crippen LogP contribution in [0.4, 0.5) is 5.69 Å². The van der Waals surface area contributed by atoms with Crippen LogP contribution in [0.1, 0.15) is 34.8 Å². The van der Waals surface area contributed by atoms with Gasteiger partial charge < -0.3 is 15.4 Å². The molecule has 0 aromatic heterocycles. The highest BCUT2D eigenvalue weighted by Crippen LogP contribution is 2.31. The van der Waals surface area contributed by atoms with E-state index in [1.165, 1.54) is 0 Å². The zero-order chi connectivity index (χ0) is 19.5. The summed E-state index contributed by atoms with van der Waals surface area (Å²) in [6, 6.07) is 12.9. The van der Waals surface area contributed by atoms with E-state index in [1.807, 2.05) is 24.3 Å². The van der Waals surface area contributed by atoms with Crippen molar-refractivity contribution in [3.63, 3.8) is 0 Å². The summed E-state index contributed by atoms with van der Waals surface area (Å²) in [4.78, 5) is 26.5. The van der Waals surface area contributed by atoms with Crippen LogP contribution in [0.2, 0.25) is 5.02 Å². The van der Waals surface area contributed by atoms with Crippen molar-refractivity contribution in [2.75, 3.05) is 31.6 Å². The number of nitrogens with one attached hydrogen (secondary N) is 2. The first-order chi connectivity index (χ1) is 13.6. The predicted octanol–water partition coefficient (Wildman–Crippen LogP) is 3.24. The number of benzene rings is 2. The van der Waals surface area contributed by atoms with Crippen LogP contribution in [0.5, 0.6) is 5.75 Å². The van der Waals surface area contributed by atoms with Crippen LogP contribution < -0.4 is 15.4 Å². The molecule has 28 heavy (non-hydrogen) atoms. The molecule has 0 radical (unpaired) electrons. The Balaban J connectivity index is 1.49. The third-order valence-corrected chi connectivity index (χ3v) is 5.52. The third-order valence-electron chi connectivity index (χ3n) is 5.18. The smallest absolute Gasteiger partial charge is 0.262 e. The maximum atomic E-state index is 12.7. The van der Waals surface area contributed by atoms with Gasteiger partial charge >= 0.3 is 0 Å². The fraction of sp³-hybridized carbons (Fsp3) is 0.333. The summed E-state index contributed by atoms with van der Waals surface area (Å²) in [5.41, 5.74) is 2.11. The summed E-state index contributed by atoms with van der Waals surface area (Å²) in [5.74, 6) is 0.131. The Morgan fingerprint density at radius 3 is 2.79 bits per heavy atom. The Kier molecular flexibility index (Phi) is 5.50. The first-order valence-corrected chi connectivity index (χ1v) is 9.83. The van der Waals surface area contributed by atoms with Gasteiger partial charge in [0.05, 0.1) is 11.7 Å². The zero-order valence-corrected chi connectivity index (χ0v) is 16.2. The topological polar surface area (TPSA) is 70.7 Å². The van der Waals surface area contributed by atoms with E-state index < -0.39 is 0 Å². The number of amides is 2. The molecule has 1 atom stereocenters. The molecular formula is C21H22ClN3O3. The van der Waals surface area contributed by atoms with Gasteiger partial charge in [-0.05, 0) is 55.8 Å². The van der Waals surface area contributed by atoms with Crippen LogP contribution in [0, 0.1) is 0 Å². The minimum Gasteiger partial charge on any atom is -0.482 e. The number of hydrogen-bond donors (Lipinski definition) is 2. The SMILES string of the molecule is O=C1COc2cc(C(=O)NC[C@H](c3ccccc3Cl)N3CCCC3)ccc2N1. The number of fused-ring (bicyclic) bond motifs is 1. The monoisotopic (exact) mass is 399 g/mol. The summed E-state index contributed by atoms with van der Waals surface area (Å²) < 4.78 is 5.40. The van der Waals surface area contributed by atoms with Gasteiger partial charge in [0.2, 0.25) is 0 Å². The van der Waals surface area contributed by atoms with Crippen molar-refractivity contribution in [1.82, 2.24) is 10.2 Å². The lowest BCUT2D eigenvalue weighted by atomic mass is 10.0. The van der Waals surface area contributed by atoms with Crippen LogP contribution in [0.3, 0.4) is 0 Å². The van der Waals surface area contributed by atoms with Crippen molar-refractivity contribution in [1.29, 1.82) is 0 Å². The Labute approximate surface area is 168 Å². The van der Waals surface area contributed by atoms with Crippen molar-refractivity contribution < 1.29 is 14.3 Å². The third kappa shape index (κ3) is 3.98. The van der Waals surface area contributed by atoms with Gasteiger partial charge in [-0.1, -0.05) is 29.8 Å². The number of carbonyl (C=O) groups excluding carboxylic acids is 2. The Morgan fingerprint density at radius 1 is 1.21 bits per heavy atom. The Bertz CT molecular complexity index is 896. The summed E-state index contributed by atoms with van der Waals surface area (Å²) in [6.45, 7) is 2.43. The number of likely N-dealkylation sites (tertiary alicyclic amines) is 1. The highest BCUT2D eigenvalue weighted by Gasteiger charge is 2.26. The van der Waals surface area contributed by atoms with Crippen LogP contribution in [-0.4, -0.2) is 43.0 Å². The largest absolute Gasteiger partial charge is 0.482 e. The fourth-order valence-electron chi connectivity index (χ4n) is 3.74. The van der Waals surface area contributed by atoms with Crippen LogP contribution in [-0.2, 0) is 4.79 Å². The molecule has 2 aliphatic rings. The maximum absolute atomic E-state index is 12.7. The number of hydrogen-bond acceptors (Lipinski definition) is 4. The summed E-state index contributed by atoms with van der Waals surface area (Å²) >= 11 is 6.43. The van der Waals surface area contributed by atoms with Crippen molar-refractivity contribution in [2.45, 2.75) is 18.9 Å². The highest BCUT2D eigenvalue weighted by molar-refractivity contribution is 6.31. The van der Waals surface area contributed by atoms with E-state index in [0.29, 0.717) is 28.6 Å². The maximum Gasteiger partial charge on any atom is 0.262 e. The van der Waals surface area contributed by atoms with Gasteiger partial charge in [0.25, 0.3) is 11.8 Å². The lowest BCUT2D eigenvalue weighted by molar-refractivity contribution is -0.118. The molecule has 6 nitrogen and oxygen atoms in total. The highest BCUT2D eigenvalue weighted by atomic mass is 35.5. The Hall–Kier alpha value is -2.57. The van der Waals surface area contributed by atoms with Crippen LogP contribution >= 0.6 is 11.6 Å². The number of ether oxygens (including phenoxy) is 1. The van der Waals surface area contributed by atoms with Crippen LogP contribution in [0.15, 0.2) is 42.5 Å². The van der Waals surface area contributed by atoms with Crippen LogP contribution in [0.25, 0.3) is 0 Å². The second-order valence-corrected chi connectivity index (χ2v) is 7.45. The van der Waals surface area contributed by atoms with Crippen molar-refractivity contribution in [3.8, 4) is 5.75 Å². The van der Waals surface area contributed by atoms with E-state index in [2.05, 4.69) is 15.5 Å². The molecular weight excluding hydrogens is 378 g/mol. The molecule has 0 unspecified atom stereocenters. The first-order valence-electron chi connectivity index (χ1n) is 9.45. The molecule has 2 aromatic rings. The van der Waals surface area contributed by atoms with Gasteiger partial charge in [-0.25, -0.2) is 0 Å². The molecule has 0 saturated carbocycles. The number of nitrogens with zero attached hydrogens (tertiary/aromatic N) is 1. The van der Waals surface area contributed by atoms with Gasteiger partial charge in [0.1, 0.15) is 5.75 Å². The number of rotatable bonds is 5. The van der Waals surface area contributed by atoms with Gasteiger partial charge in [-0.2, -0.15) is 0 Å². The average Bonchev–Trinajstić information content (AvgIpc) is 3.23. The molecule has 0 bridgehead atoms. The summed E-state index contributed by atoms with van der Waals surface area (Å²) in [5, 5.41) is 6.47. The standard InChI is InChI=1S/C21H22ClN3O3/c22-16-6-2-1-5-15(16)18(25-9-3-4-10-25)12-23-21(27)14-7-8-17-19(11-14)28-13-20(26)24-17/h1-2,5-8,11,18H,3-4,9-10,12-13H2,(H,23,27)(H,24,26)/t18-/m1/s1.